The van der Waals surface area contributed by atoms with Crippen LogP contribution in [0.5, 0.6) is 0 Å². The van der Waals surface area contributed by atoms with Gasteiger partial charge in [0.25, 0.3) is 0 Å². The molecule has 0 saturated heterocycles. The molecule has 0 aromatic carbocycles. The third-order valence-corrected chi connectivity index (χ3v) is 4.91. The van der Waals surface area contributed by atoms with Gasteiger partial charge in [-0.2, -0.15) is 26.3 Å². The minimum Gasteiger partial charge on any atom is -0.383 e. The molecule has 0 spiro atoms. The summed E-state index contributed by atoms with van der Waals surface area (Å²) in [6.07, 6.45) is -14.5. The molecule has 0 bridgehead atoms. The molecule has 1 aliphatic carbocycles. The lowest BCUT2D eigenvalue weighted by molar-refractivity contribution is -0.294. The van der Waals surface area contributed by atoms with Crippen molar-refractivity contribution >= 4 is 23.2 Å². The average Bonchev–Trinajstić information content (AvgIpc) is 2.34. The molecule has 1 fully saturated rings. The fraction of sp³-hybridized carbons (Fsp3) is 1.00. The number of hydrogen-bond donors (Lipinski definition) is 1. The molecule has 2 unspecified atom stereocenters. The number of halogens is 8. The highest BCUT2D eigenvalue weighted by Gasteiger charge is 2.96. The summed E-state index contributed by atoms with van der Waals surface area (Å²) in [5.74, 6) is 0. The van der Waals surface area contributed by atoms with Gasteiger partial charge in [0.05, 0.1) is 0 Å². The third-order valence-electron chi connectivity index (χ3n) is 3.37. The molecule has 102 valence electrons. The third kappa shape index (κ3) is 1.51. The van der Waals surface area contributed by atoms with Gasteiger partial charge in [-0.25, -0.2) is 0 Å². The summed E-state index contributed by atoms with van der Waals surface area (Å²) < 4.78 is 72.8. The molecule has 0 aromatic rings. The first kappa shape index (κ1) is 15.2. The molecule has 0 amide bonds. The summed E-state index contributed by atoms with van der Waals surface area (Å²) in [6, 6.07) is 0. The van der Waals surface area contributed by atoms with Crippen LogP contribution in [0.2, 0.25) is 0 Å². The van der Waals surface area contributed by atoms with Crippen LogP contribution < -0.4 is 0 Å². The lowest BCUT2D eigenvalue weighted by Crippen LogP contribution is -2.49. The fourth-order valence-corrected chi connectivity index (χ4v) is 3.34. The Morgan fingerprint density at radius 1 is 1.00 bits per heavy atom. The maximum Gasteiger partial charge on any atom is 0.415 e. The Bertz CT molecular complexity index is 318. The molecule has 0 aliphatic heterocycles. The minimum atomic E-state index is -5.46. The molecular formula is C8H8Cl2F6O. The zero-order chi connectivity index (χ0) is 14.1. The van der Waals surface area contributed by atoms with E-state index in [0.717, 1.165) is 13.8 Å². The highest BCUT2D eigenvalue weighted by Crippen LogP contribution is 2.84. The number of alkyl halides is 8. The van der Waals surface area contributed by atoms with E-state index in [0.29, 0.717) is 0 Å². The lowest BCUT2D eigenvalue weighted by atomic mass is 9.88. The van der Waals surface area contributed by atoms with Crippen molar-refractivity contribution in [2.45, 2.75) is 36.6 Å². The summed E-state index contributed by atoms with van der Waals surface area (Å²) in [5.41, 5.74) is -5.76. The van der Waals surface area contributed by atoms with Crippen molar-refractivity contribution in [3.8, 4) is 0 Å². The highest BCUT2D eigenvalue weighted by atomic mass is 35.5. The second kappa shape index (κ2) is 3.36. The van der Waals surface area contributed by atoms with Crippen LogP contribution in [0.3, 0.4) is 0 Å². The molecule has 1 N–H and O–H groups in total. The van der Waals surface area contributed by atoms with Crippen molar-refractivity contribution in [1.82, 2.24) is 0 Å². The lowest BCUT2D eigenvalue weighted by Gasteiger charge is -2.30. The van der Waals surface area contributed by atoms with E-state index in [1.54, 1.807) is 0 Å². The Kier molecular flexibility index (Phi) is 3.00. The van der Waals surface area contributed by atoms with Crippen molar-refractivity contribution in [3.05, 3.63) is 0 Å². The van der Waals surface area contributed by atoms with Gasteiger partial charge in [-0.05, 0) is 0 Å². The second-order valence-corrected chi connectivity index (χ2v) is 5.78. The van der Waals surface area contributed by atoms with E-state index in [1.165, 1.54) is 0 Å². The van der Waals surface area contributed by atoms with Crippen LogP contribution in [-0.2, 0) is 0 Å². The zero-order valence-electron chi connectivity index (χ0n) is 8.55. The molecule has 2 atom stereocenters. The van der Waals surface area contributed by atoms with E-state index in [2.05, 4.69) is 0 Å². The standard InChI is InChI=1S/C8H8Cl2F6O/c1-4(2)5(7(4,9)10,8(14,15)16)3(17)6(11,12)13/h3,17H,1-2H3. The molecular weight excluding hydrogens is 297 g/mol. The molecule has 1 saturated carbocycles. The molecule has 0 heterocycles. The quantitative estimate of drug-likeness (QED) is 0.579. The van der Waals surface area contributed by atoms with Gasteiger partial charge in [0.2, 0.25) is 0 Å². The Labute approximate surface area is 103 Å². The summed E-state index contributed by atoms with van der Waals surface area (Å²) in [5, 5.41) is 8.97. The summed E-state index contributed by atoms with van der Waals surface area (Å²) in [6.45, 7) is 1.66. The topological polar surface area (TPSA) is 20.2 Å². The predicted molar refractivity (Wildman–Crippen MR) is 48.8 cm³/mol. The monoisotopic (exact) mass is 304 g/mol. The molecule has 1 aliphatic rings. The van der Waals surface area contributed by atoms with Gasteiger partial charge in [0.1, 0.15) is 9.75 Å². The Morgan fingerprint density at radius 2 is 1.29 bits per heavy atom. The summed E-state index contributed by atoms with van der Waals surface area (Å²) >= 11 is 10.7. The normalized spacial score (nSPS) is 33.4. The van der Waals surface area contributed by atoms with E-state index >= 15 is 0 Å². The average molecular weight is 305 g/mol. The van der Waals surface area contributed by atoms with E-state index in [-0.39, 0.29) is 0 Å². The van der Waals surface area contributed by atoms with E-state index in [9.17, 15) is 26.3 Å². The van der Waals surface area contributed by atoms with E-state index in [1.807, 2.05) is 0 Å². The largest absolute Gasteiger partial charge is 0.415 e. The van der Waals surface area contributed by atoms with Crippen molar-refractivity contribution < 1.29 is 31.4 Å². The first-order chi connectivity index (χ1) is 7.15. The minimum absolute atomic E-state index is 0.829. The Morgan fingerprint density at radius 3 is 1.35 bits per heavy atom. The Hall–Kier alpha value is 0.120. The number of aliphatic hydroxyl groups is 1. The number of aliphatic hydroxyl groups excluding tert-OH is 1. The van der Waals surface area contributed by atoms with E-state index in [4.69, 9.17) is 28.3 Å². The van der Waals surface area contributed by atoms with Gasteiger partial charge in [-0.1, -0.05) is 37.0 Å². The second-order valence-electron chi connectivity index (χ2n) is 4.45. The van der Waals surface area contributed by atoms with Crippen molar-refractivity contribution in [2.75, 3.05) is 0 Å². The van der Waals surface area contributed by atoms with Gasteiger partial charge < -0.3 is 5.11 Å². The molecule has 9 heteroatoms. The van der Waals surface area contributed by atoms with Crippen LogP contribution in [0.15, 0.2) is 0 Å². The van der Waals surface area contributed by atoms with Crippen molar-refractivity contribution in [3.63, 3.8) is 0 Å². The molecule has 17 heavy (non-hydrogen) atoms. The zero-order valence-corrected chi connectivity index (χ0v) is 10.1. The first-order valence-corrected chi connectivity index (χ1v) is 5.10. The molecule has 1 rings (SSSR count). The van der Waals surface area contributed by atoms with Crippen LogP contribution in [0, 0.1) is 10.8 Å². The Balaban J connectivity index is 3.39. The van der Waals surface area contributed by atoms with Gasteiger partial charge in [-0.15, -0.1) is 0 Å². The van der Waals surface area contributed by atoms with Crippen molar-refractivity contribution in [1.29, 1.82) is 0 Å². The van der Waals surface area contributed by atoms with Crippen LogP contribution in [0.4, 0.5) is 26.3 Å². The molecule has 1 nitrogen and oxygen atoms in total. The smallest absolute Gasteiger partial charge is 0.383 e. The van der Waals surface area contributed by atoms with Gasteiger partial charge in [0, 0.05) is 5.41 Å². The van der Waals surface area contributed by atoms with Crippen LogP contribution in [-0.4, -0.2) is 27.9 Å². The summed E-state index contributed by atoms with van der Waals surface area (Å²) in [7, 11) is 0. The number of rotatable bonds is 1. The molecule has 0 aromatic heterocycles. The van der Waals surface area contributed by atoms with Crippen LogP contribution >= 0.6 is 23.2 Å². The van der Waals surface area contributed by atoms with Crippen LogP contribution in [0.1, 0.15) is 13.8 Å². The van der Waals surface area contributed by atoms with Gasteiger partial charge in [-0.3, -0.25) is 0 Å². The predicted octanol–water partition coefficient (Wildman–Crippen LogP) is 3.67. The molecule has 0 radical (unpaired) electrons. The van der Waals surface area contributed by atoms with E-state index < -0.39 is 33.6 Å². The number of hydrogen-bond acceptors (Lipinski definition) is 1. The van der Waals surface area contributed by atoms with Gasteiger partial charge >= 0.3 is 12.4 Å². The SMILES string of the molecule is CC1(C)C(Cl)(Cl)C1(C(O)C(F)(F)F)C(F)(F)F. The fourth-order valence-electron chi connectivity index (χ4n) is 2.25. The summed E-state index contributed by atoms with van der Waals surface area (Å²) in [4.78, 5) is 0. The first-order valence-electron chi connectivity index (χ1n) is 4.35. The maximum absolute atomic E-state index is 12.8. The van der Waals surface area contributed by atoms with Gasteiger partial charge in [0.15, 0.2) is 6.10 Å². The van der Waals surface area contributed by atoms with Crippen LogP contribution in [0.25, 0.3) is 0 Å². The maximum atomic E-state index is 12.8. The van der Waals surface area contributed by atoms with Crippen molar-refractivity contribution in [2.24, 2.45) is 10.8 Å². The highest BCUT2D eigenvalue weighted by molar-refractivity contribution is 6.52.